The van der Waals surface area contributed by atoms with Crippen LogP contribution in [0.1, 0.15) is 64.8 Å². The van der Waals surface area contributed by atoms with Crippen LogP contribution in [0.5, 0.6) is 0 Å². The van der Waals surface area contributed by atoms with Crippen LogP contribution in [-0.4, -0.2) is 82.1 Å². The van der Waals surface area contributed by atoms with Crippen molar-refractivity contribution in [2.45, 2.75) is 71.7 Å². The Kier molecular flexibility index (Phi) is 9.32. The van der Waals surface area contributed by atoms with E-state index in [9.17, 15) is 24.3 Å². The normalized spacial score (nSPS) is 26.8. The number of rotatable bonds is 2. The van der Waals surface area contributed by atoms with Crippen LogP contribution in [0.4, 0.5) is 0 Å². The van der Waals surface area contributed by atoms with Gasteiger partial charge in [-0.25, -0.2) is 5.43 Å². The molecule has 11 nitrogen and oxygen atoms in total. The second-order valence-corrected chi connectivity index (χ2v) is 12.0. The Labute approximate surface area is 246 Å². The number of esters is 1. The first-order valence-corrected chi connectivity index (χ1v) is 14.4. The lowest BCUT2D eigenvalue weighted by atomic mass is 9.92. The maximum absolute atomic E-state index is 13.5. The van der Waals surface area contributed by atoms with Gasteiger partial charge in [-0.2, -0.15) is 0 Å². The molecule has 3 amide bonds. The van der Waals surface area contributed by atoms with Crippen LogP contribution >= 0.6 is 0 Å². The molecule has 4 rings (SSSR count). The Morgan fingerprint density at radius 1 is 1.12 bits per heavy atom. The van der Waals surface area contributed by atoms with E-state index in [0.29, 0.717) is 25.1 Å². The smallest absolute Gasteiger partial charge is 0.316 e. The van der Waals surface area contributed by atoms with Gasteiger partial charge in [0.2, 0.25) is 5.91 Å². The highest BCUT2D eigenvalue weighted by Crippen LogP contribution is 2.26. The number of ether oxygens (including phenoxy) is 1. The number of cyclic esters (lactones) is 1. The fraction of sp³-hybridized carbons (Fsp3) is 0.516. The second kappa shape index (κ2) is 12.6. The highest BCUT2D eigenvalue weighted by Gasteiger charge is 2.38. The molecule has 226 valence electrons. The number of amides is 3. The number of pyridine rings is 1. The summed E-state index contributed by atoms with van der Waals surface area (Å²) in [6, 6.07) is 7.32. The minimum atomic E-state index is -1.29. The van der Waals surface area contributed by atoms with Gasteiger partial charge in [0.15, 0.2) is 6.10 Å². The Balaban J connectivity index is 1.75. The van der Waals surface area contributed by atoms with Gasteiger partial charge in [-0.05, 0) is 57.2 Å². The number of hydrogen-bond acceptors (Lipinski definition) is 8. The van der Waals surface area contributed by atoms with Gasteiger partial charge < -0.3 is 20.1 Å². The first-order chi connectivity index (χ1) is 19.8. The van der Waals surface area contributed by atoms with Crippen LogP contribution in [0.2, 0.25) is 0 Å². The molecule has 11 heteroatoms. The van der Waals surface area contributed by atoms with E-state index in [4.69, 9.17) is 9.72 Å². The standard InChI is InChI=1S/C31H41N5O6/c1-18(2)26-27(38)33-25(17-37)29(40)36-15-7-8-23(34-36)28(39)35(6)19(3)22-12-11-21-10-9-20(16-24(21)32-22)13-14-31(4,5)30(41)42-26/h9-14,16,18-19,23,25-26,34,37H,7-8,15,17H2,1-6H3,(H,33,38)/b14-13+/t19-,23?,25+,26+/m1/s1. The molecular weight excluding hydrogens is 538 g/mol. The summed E-state index contributed by atoms with van der Waals surface area (Å²) in [6.07, 6.45) is 3.39. The van der Waals surface area contributed by atoms with Crippen molar-refractivity contribution in [3.63, 3.8) is 0 Å². The number of hydrogen-bond donors (Lipinski definition) is 3. The van der Waals surface area contributed by atoms with Gasteiger partial charge >= 0.3 is 5.97 Å². The number of likely N-dealkylation sites (N-methyl/N-ethyl adjacent to an activating group) is 1. The summed E-state index contributed by atoms with van der Waals surface area (Å²) in [5, 5.41) is 14.8. The maximum Gasteiger partial charge on any atom is 0.316 e. The number of benzene rings is 1. The zero-order valence-corrected chi connectivity index (χ0v) is 25.1. The molecule has 3 heterocycles. The van der Waals surface area contributed by atoms with Gasteiger partial charge in [0.05, 0.1) is 29.3 Å². The SMILES string of the molecule is CC(C)[C@@H]1OC(=O)C(C)(C)/C=C/c2ccc3ccc(nc3c2)[C@@H](C)N(C)C(=O)C2CCCN(N2)C(=O)[C@H](CO)NC1=O. The number of aromatic nitrogens is 1. The summed E-state index contributed by atoms with van der Waals surface area (Å²) in [6.45, 7) is 8.38. The number of carbonyl (C=O) groups excluding carboxylic acids is 4. The maximum atomic E-state index is 13.5. The van der Waals surface area contributed by atoms with E-state index in [-0.39, 0.29) is 11.9 Å². The first-order valence-electron chi connectivity index (χ1n) is 14.4. The number of aliphatic hydroxyl groups excluding tert-OH is 1. The Hall–Kier alpha value is -3.83. The van der Waals surface area contributed by atoms with Crippen molar-refractivity contribution in [1.82, 2.24) is 25.6 Å². The van der Waals surface area contributed by atoms with Gasteiger partial charge in [0.1, 0.15) is 12.1 Å². The van der Waals surface area contributed by atoms with Crippen LogP contribution in [0, 0.1) is 11.3 Å². The lowest BCUT2D eigenvalue weighted by Crippen LogP contribution is -2.62. The minimum absolute atomic E-state index is 0.205. The summed E-state index contributed by atoms with van der Waals surface area (Å²) in [5.41, 5.74) is 4.19. The van der Waals surface area contributed by atoms with Crippen molar-refractivity contribution in [2.24, 2.45) is 11.3 Å². The molecule has 5 bridgehead atoms. The first kappa shape index (κ1) is 31.1. The third-order valence-corrected chi connectivity index (χ3v) is 7.96. The summed E-state index contributed by atoms with van der Waals surface area (Å²) in [7, 11) is 1.71. The number of nitrogens with zero attached hydrogens (tertiary/aromatic N) is 3. The minimum Gasteiger partial charge on any atom is -0.451 e. The van der Waals surface area contributed by atoms with Crippen molar-refractivity contribution in [1.29, 1.82) is 0 Å². The molecule has 2 aromatic rings. The highest BCUT2D eigenvalue weighted by atomic mass is 16.5. The Morgan fingerprint density at radius 3 is 2.52 bits per heavy atom. The van der Waals surface area contributed by atoms with Crippen LogP contribution in [0.3, 0.4) is 0 Å². The fourth-order valence-corrected chi connectivity index (χ4v) is 5.00. The predicted molar refractivity (Wildman–Crippen MR) is 157 cm³/mol. The van der Waals surface area contributed by atoms with E-state index in [1.165, 1.54) is 5.01 Å². The molecule has 0 spiro atoms. The number of aliphatic hydroxyl groups is 1. The second-order valence-electron chi connectivity index (χ2n) is 12.0. The average Bonchev–Trinajstić information content (AvgIpc) is 2.98. The third kappa shape index (κ3) is 6.63. The molecule has 0 aliphatic carbocycles. The van der Waals surface area contributed by atoms with Crippen LogP contribution in [-0.2, 0) is 23.9 Å². The monoisotopic (exact) mass is 579 g/mol. The van der Waals surface area contributed by atoms with E-state index in [1.807, 2.05) is 43.3 Å². The van der Waals surface area contributed by atoms with Crippen LogP contribution in [0.15, 0.2) is 36.4 Å². The van der Waals surface area contributed by atoms with E-state index in [0.717, 1.165) is 16.5 Å². The Bertz CT molecular complexity index is 1390. The fourth-order valence-electron chi connectivity index (χ4n) is 5.00. The molecule has 2 aliphatic rings. The van der Waals surface area contributed by atoms with Crippen molar-refractivity contribution in [3.05, 3.63) is 47.7 Å². The molecule has 2 aliphatic heterocycles. The Morgan fingerprint density at radius 2 is 1.83 bits per heavy atom. The zero-order chi connectivity index (χ0) is 30.8. The highest BCUT2D eigenvalue weighted by molar-refractivity contribution is 5.92. The van der Waals surface area contributed by atoms with Crippen molar-refractivity contribution < 1.29 is 29.0 Å². The third-order valence-electron chi connectivity index (χ3n) is 7.96. The molecule has 0 saturated carbocycles. The van der Waals surface area contributed by atoms with E-state index in [1.54, 1.807) is 45.7 Å². The lowest BCUT2D eigenvalue weighted by molar-refractivity contribution is -0.165. The van der Waals surface area contributed by atoms with Crippen molar-refractivity contribution in [3.8, 4) is 0 Å². The average molecular weight is 580 g/mol. The number of nitrogens with one attached hydrogen (secondary N) is 2. The molecule has 1 aromatic heterocycles. The summed E-state index contributed by atoms with van der Waals surface area (Å²) >= 11 is 0. The summed E-state index contributed by atoms with van der Waals surface area (Å²) in [4.78, 5) is 59.8. The van der Waals surface area contributed by atoms with E-state index < -0.39 is 53.9 Å². The number of fused-ring (bicyclic) bond motifs is 4. The number of carbonyl (C=O) groups is 4. The topological polar surface area (TPSA) is 141 Å². The largest absolute Gasteiger partial charge is 0.451 e. The summed E-state index contributed by atoms with van der Waals surface area (Å²) in [5.74, 6) is -2.50. The quantitative estimate of drug-likeness (QED) is 0.461. The molecular formula is C31H41N5O6. The van der Waals surface area contributed by atoms with Gasteiger partial charge in [0.25, 0.3) is 11.8 Å². The molecule has 0 radical (unpaired) electrons. The van der Waals surface area contributed by atoms with E-state index >= 15 is 0 Å². The molecule has 42 heavy (non-hydrogen) atoms. The van der Waals surface area contributed by atoms with Crippen molar-refractivity contribution >= 4 is 40.7 Å². The zero-order valence-electron chi connectivity index (χ0n) is 25.1. The molecule has 1 saturated heterocycles. The number of hydrazine groups is 1. The van der Waals surface area contributed by atoms with Crippen LogP contribution < -0.4 is 10.7 Å². The molecule has 4 atom stereocenters. The van der Waals surface area contributed by atoms with Gasteiger partial charge in [0, 0.05) is 19.0 Å². The lowest BCUT2D eigenvalue weighted by Gasteiger charge is -2.37. The van der Waals surface area contributed by atoms with Gasteiger partial charge in [-0.15, -0.1) is 0 Å². The molecule has 3 N–H and O–H groups in total. The molecule has 1 aromatic carbocycles. The van der Waals surface area contributed by atoms with Crippen molar-refractivity contribution in [2.75, 3.05) is 20.2 Å². The molecule has 1 fully saturated rings. The van der Waals surface area contributed by atoms with Gasteiger partial charge in [-0.1, -0.05) is 44.2 Å². The predicted octanol–water partition coefficient (Wildman–Crippen LogP) is 2.35. The summed E-state index contributed by atoms with van der Waals surface area (Å²) < 4.78 is 5.68. The van der Waals surface area contributed by atoms with Crippen LogP contribution in [0.25, 0.3) is 17.0 Å². The van der Waals surface area contributed by atoms with E-state index in [2.05, 4.69) is 10.7 Å². The molecule has 1 unspecified atom stereocenters. The van der Waals surface area contributed by atoms with Gasteiger partial charge in [-0.3, -0.25) is 29.2 Å².